The van der Waals surface area contributed by atoms with Gasteiger partial charge in [-0.15, -0.1) is 0 Å². The molecule has 0 aromatic heterocycles. The number of hydrogen-bond acceptors (Lipinski definition) is 7. The van der Waals surface area contributed by atoms with Crippen LogP contribution < -0.4 is 0 Å². The first-order valence-corrected chi connectivity index (χ1v) is 17.9. The number of piperidine rings is 1. The number of carbonyl (C=O) groups excluding carboxylic acids is 2. The van der Waals surface area contributed by atoms with Crippen LogP contribution in [0.4, 0.5) is 0 Å². The van der Waals surface area contributed by atoms with E-state index in [1.54, 1.807) is 12.0 Å². The minimum Gasteiger partial charge on any atom is -0.507 e. The van der Waals surface area contributed by atoms with Crippen molar-refractivity contribution in [2.75, 3.05) is 26.8 Å². The van der Waals surface area contributed by atoms with Crippen LogP contribution in [0.3, 0.4) is 0 Å². The Hall–Kier alpha value is -3.24. The largest absolute Gasteiger partial charge is 0.507 e. The molecule has 3 aliphatic heterocycles. The number of methoxy groups -OCH3 is 1. The summed E-state index contributed by atoms with van der Waals surface area (Å²) in [4.78, 5) is 32.3. The van der Waals surface area contributed by atoms with Crippen molar-refractivity contribution in [2.24, 2.45) is 17.8 Å². The van der Waals surface area contributed by atoms with Crippen molar-refractivity contribution < 1.29 is 29.1 Å². The monoisotopic (exact) mass is 654 g/mol. The zero-order valence-electron chi connectivity index (χ0n) is 29.0. The molecule has 0 bridgehead atoms. The van der Waals surface area contributed by atoms with Crippen molar-refractivity contribution in [1.29, 1.82) is 0 Å². The number of hydrogen-bond donors (Lipinski definition) is 2. The molecule has 0 radical (unpaired) electrons. The number of fused-ring (bicyclic) bond motifs is 3. The summed E-state index contributed by atoms with van der Waals surface area (Å²) >= 11 is 0. The van der Waals surface area contributed by atoms with Crippen LogP contribution in [0.5, 0.6) is 5.75 Å². The quantitative estimate of drug-likeness (QED) is 0.172. The molecule has 6 rings (SSSR count). The smallest absolute Gasteiger partial charge is 0.455 e. The van der Waals surface area contributed by atoms with Gasteiger partial charge in [0.05, 0.1) is 24.5 Å². The Kier molecular flexibility index (Phi) is 10.9. The van der Waals surface area contributed by atoms with Crippen molar-refractivity contribution in [3.8, 4) is 5.75 Å². The number of imide groups is 1. The Balaban J connectivity index is 1.19. The molecule has 2 aromatic carbocycles. The van der Waals surface area contributed by atoms with Gasteiger partial charge in [0.1, 0.15) is 5.75 Å². The number of likely N-dealkylation sites (tertiary alicyclic amines) is 2. The first kappa shape index (κ1) is 34.6. The molecule has 256 valence electrons. The van der Waals surface area contributed by atoms with Gasteiger partial charge in [-0.05, 0) is 110 Å². The van der Waals surface area contributed by atoms with E-state index >= 15 is 0 Å². The van der Waals surface area contributed by atoms with Gasteiger partial charge in [-0.25, -0.2) is 0 Å². The molecule has 3 fully saturated rings. The standard InChI is InChI=1S/C39H51BN2O6/c1-5-9-27(20-29-18-25(2)37(43)26(3)19-29)12-13-34-35-30(24-47-4)21-32-36(33(35)22-40(46)48-34)39(45)42(38(32)44)31-14-16-41(17-15-31)23-28-10-7-6-8-11-28/h6-8,10-11,18-20,31-34,36,43,46H,5,9,12-17,21-24H2,1-4H3/b27-20+/t32-,33+,34-,36-/m1/s1. The number of phenolic OH excluding ortho intramolecular Hbond substituents is 1. The number of allylic oxidation sites excluding steroid dienone is 1. The van der Waals surface area contributed by atoms with E-state index in [0.717, 1.165) is 79.6 Å². The van der Waals surface area contributed by atoms with E-state index in [-0.39, 0.29) is 29.9 Å². The molecular weight excluding hydrogens is 603 g/mol. The first-order chi connectivity index (χ1) is 23.2. The summed E-state index contributed by atoms with van der Waals surface area (Å²) in [7, 11) is 0.675. The molecule has 8 nitrogen and oxygen atoms in total. The third-order valence-electron chi connectivity index (χ3n) is 11.0. The molecule has 0 unspecified atom stereocenters. The van der Waals surface area contributed by atoms with Gasteiger partial charge < -0.3 is 19.5 Å². The van der Waals surface area contributed by atoms with Crippen LogP contribution in [0.15, 0.2) is 59.2 Å². The van der Waals surface area contributed by atoms with E-state index in [4.69, 9.17) is 9.39 Å². The number of rotatable bonds is 11. The lowest BCUT2D eigenvalue weighted by Gasteiger charge is -2.43. The summed E-state index contributed by atoms with van der Waals surface area (Å²) in [6, 6.07) is 14.4. The molecule has 4 aliphatic rings. The van der Waals surface area contributed by atoms with Crippen molar-refractivity contribution in [3.05, 3.63) is 81.4 Å². The highest BCUT2D eigenvalue weighted by Crippen LogP contribution is 2.51. The molecule has 9 heteroatoms. The molecule has 3 saturated heterocycles. The van der Waals surface area contributed by atoms with Crippen LogP contribution in [0.2, 0.25) is 6.32 Å². The summed E-state index contributed by atoms with van der Waals surface area (Å²) in [5, 5.41) is 21.3. The van der Waals surface area contributed by atoms with Gasteiger partial charge in [-0.2, -0.15) is 0 Å². The van der Waals surface area contributed by atoms with Crippen molar-refractivity contribution >= 4 is 25.0 Å². The molecule has 0 saturated carbocycles. The van der Waals surface area contributed by atoms with E-state index in [1.165, 1.54) is 11.1 Å². The molecule has 4 atom stereocenters. The molecule has 1 aliphatic carbocycles. The number of phenols is 1. The molecule has 2 N–H and O–H groups in total. The number of aryl methyl sites for hydroxylation is 2. The number of benzene rings is 2. The summed E-state index contributed by atoms with van der Waals surface area (Å²) in [5.41, 5.74) is 7.44. The van der Waals surface area contributed by atoms with Crippen LogP contribution in [0.1, 0.15) is 74.1 Å². The van der Waals surface area contributed by atoms with E-state index in [9.17, 15) is 19.7 Å². The SMILES string of the molecule is CCC/C(=C\c1cc(C)c(O)c(C)c1)CC[C@H]1OB(O)C[C@H]2C1=C(COC)C[C@H]1C(=O)N(C3CCN(Cc4ccccc4)CC3)C(=O)[C@H]12. The summed E-state index contributed by atoms with van der Waals surface area (Å²) < 4.78 is 11.9. The average Bonchev–Trinajstić information content (AvgIpc) is 3.32. The third kappa shape index (κ3) is 7.20. The van der Waals surface area contributed by atoms with Crippen LogP contribution in [-0.4, -0.2) is 77.8 Å². The normalized spacial score (nSPS) is 25.6. The van der Waals surface area contributed by atoms with Gasteiger partial charge in [0.2, 0.25) is 11.8 Å². The highest BCUT2D eigenvalue weighted by Gasteiger charge is 2.58. The fraction of sp³-hybridized carbons (Fsp3) is 0.538. The van der Waals surface area contributed by atoms with Crippen molar-refractivity contribution in [1.82, 2.24) is 9.80 Å². The first-order valence-electron chi connectivity index (χ1n) is 17.9. The zero-order chi connectivity index (χ0) is 33.9. The summed E-state index contributed by atoms with van der Waals surface area (Å²) in [5.74, 6) is -0.915. The Morgan fingerprint density at radius 2 is 1.75 bits per heavy atom. The molecule has 48 heavy (non-hydrogen) atoms. The minimum absolute atomic E-state index is 0.0515. The lowest BCUT2D eigenvalue weighted by molar-refractivity contribution is -0.144. The second-order valence-corrected chi connectivity index (χ2v) is 14.4. The van der Waals surface area contributed by atoms with Gasteiger partial charge in [0.15, 0.2) is 0 Å². The Morgan fingerprint density at radius 3 is 2.42 bits per heavy atom. The van der Waals surface area contributed by atoms with E-state index in [0.29, 0.717) is 31.5 Å². The summed E-state index contributed by atoms with van der Waals surface area (Å²) in [6.07, 6.45) is 7.59. The molecule has 0 spiro atoms. The molecule has 3 heterocycles. The van der Waals surface area contributed by atoms with Gasteiger partial charge in [0, 0.05) is 32.8 Å². The summed E-state index contributed by atoms with van der Waals surface area (Å²) in [6.45, 7) is 8.95. The molecule has 2 amide bonds. The lowest BCUT2D eigenvalue weighted by Crippen LogP contribution is -2.48. The predicted octanol–water partition coefficient (Wildman–Crippen LogP) is 6.08. The highest BCUT2D eigenvalue weighted by atomic mass is 16.5. The predicted molar refractivity (Wildman–Crippen MR) is 188 cm³/mol. The van der Waals surface area contributed by atoms with Crippen LogP contribution >= 0.6 is 0 Å². The maximum absolute atomic E-state index is 14.3. The maximum atomic E-state index is 14.3. The van der Waals surface area contributed by atoms with E-state index in [1.807, 2.05) is 32.0 Å². The van der Waals surface area contributed by atoms with Gasteiger partial charge in [-0.1, -0.05) is 55.3 Å². The van der Waals surface area contributed by atoms with E-state index in [2.05, 4.69) is 42.2 Å². The second-order valence-electron chi connectivity index (χ2n) is 14.4. The van der Waals surface area contributed by atoms with Gasteiger partial charge in [0.25, 0.3) is 0 Å². The Bertz CT molecular complexity index is 1530. The topological polar surface area (TPSA) is 99.5 Å². The fourth-order valence-corrected chi connectivity index (χ4v) is 8.85. The number of carbonyl (C=O) groups is 2. The van der Waals surface area contributed by atoms with Crippen LogP contribution in [0, 0.1) is 31.6 Å². The average molecular weight is 655 g/mol. The van der Waals surface area contributed by atoms with E-state index < -0.39 is 19.0 Å². The van der Waals surface area contributed by atoms with Crippen LogP contribution in [-0.2, 0) is 25.5 Å². The third-order valence-corrected chi connectivity index (χ3v) is 11.0. The van der Waals surface area contributed by atoms with Crippen LogP contribution in [0.25, 0.3) is 6.08 Å². The highest BCUT2D eigenvalue weighted by molar-refractivity contribution is 6.43. The number of nitrogens with zero attached hydrogens (tertiary/aromatic N) is 2. The number of ether oxygens (including phenoxy) is 1. The number of aromatic hydroxyl groups is 1. The second kappa shape index (κ2) is 15.1. The minimum atomic E-state index is -0.995. The Labute approximate surface area is 285 Å². The van der Waals surface area contributed by atoms with Gasteiger partial charge >= 0.3 is 7.12 Å². The molecular formula is C39H51BN2O6. The fourth-order valence-electron chi connectivity index (χ4n) is 8.85. The van der Waals surface area contributed by atoms with Crippen molar-refractivity contribution in [3.63, 3.8) is 0 Å². The number of amides is 2. The van der Waals surface area contributed by atoms with Crippen molar-refractivity contribution in [2.45, 2.75) is 90.7 Å². The maximum Gasteiger partial charge on any atom is 0.455 e. The zero-order valence-corrected chi connectivity index (χ0v) is 29.0. The van der Waals surface area contributed by atoms with Gasteiger partial charge in [-0.3, -0.25) is 19.4 Å². The molecule has 2 aromatic rings. The Morgan fingerprint density at radius 1 is 1.04 bits per heavy atom. The lowest BCUT2D eigenvalue weighted by atomic mass is 9.58.